The van der Waals surface area contributed by atoms with Crippen molar-refractivity contribution >= 4 is 11.6 Å². The lowest BCUT2D eigenvalue weighted by Gasteiger charge is -2.11. The molecule has 148 valence electrons. The van der Waals surface area contributed by atoms with Crippen LogP contribution >= 0.6 is 11.6 Å². The molecule has 0 bridgehead atoms. The first-order chi connectivity index (χ1) is 15.3. The summed E-state index contributed by atoms with van der Waals surface area (Å²) >= 11 is 6.48. The lowest BCUT2D eigenvalue weighted by atomic mass is 10.0. The van der Waals surface area contributed by atoms with Crippen LogP contribution < -0.4 is 0 Å². The van der Waals surface area contributed by atoms with E-state index in [-0.39, 0.29) is 0 Å². The third kappa shape index (κ3) is 4.11. The van der Waals surface area contributed by atoms with Crippen LogP contribution in [-0.2, 0) is 0 Å². The van der Waals surface area contributed by atoms with E-state index in [4.69, 9.17) is 21.6 Å². The summed E-state index contributed by atoms with van der Waals surface area (Å²) in [6, 6.07) is 38.7. The number of aromatic nitrogens is 2. The molecular weight excluding hydrogens is 400 g/mol. The SMILES string of the molecule is Clc1ccccc1-c1nc(-c2ccccc2)cc(-c2cccc(-c3ccccc3)c2)n1. The van der Waals surface area contributed by atoms with Gasteiger partial charge in [-0.2, -0.15) is 0 Å². The quantitative estimate of drug-likeness (QED) is 0.297. The van der Waals surface area contributed by atoms with E-state index in [2.05, 4.69) is 60.7 Å². The minimum atomic E-state index is 0.618. The van der Waals surface area contributed by atoms with Crippen LogP contribution in [-0.4, -0.2) is 9.97 Å². The topological polar surface area (TPSA) is 25.8 Å². The predicted octanol–water partition coefficient (Wildman–Crippen LogP) is 7.80. The average molecular weight is 419 g/mol. The standard InChI is InChI=1S/C28H19ClN2/c29-25-17-8-7-16-24(25)28-30-26(21-12-5-2-6-13-21)19-27(31-28)23-15-9-14-22(18-23)20-10-3-1-4-11-20/h1-19H. The zero-order valence-electron chi connectivity index (χ0n) is 16.7. The maximum atomic E-state index is 6.48. The molecule has 0 radical (unpaired) electrons. The fourth-order valence-corrected chi connectivity index (χ4v) is 3.82. The Labute approximate surface area is 186 Å². The highest BCUT2D eigenvalue weighted by Gasteiger charge is 2.13. The van der Waals surface area contributed by atoms with Gasteiger partial charge in [-0.15, -0.1) is 0 Å². The van der Waals surface area contributed by atoms with Crippen LogP contribution in [0.3, 0.4) is 0 Å². The Kier molecular flexibility index (Phi) is 5.30. The van der Waals surface area contributed by atoms with E-state index in [9.17, 15) is 0 Å². The van der Waals surface area contributed by atoms with Crippen LogP contribution in [0.2, 0.25) is 5.02 Å². The van der Waals surface area contributed by atoms with E-state index < -0.39 is 0 Å². The van der Waals surface area contributed by atoms with Gasteiger partial charge in [0.1, 0.15) is 0 Å². The van der Waals surface area contributed by atoms with E-state index in [0.29, 0.717) is 10.8 Å². The number of rotatable bonds is 4. The summed E-state index contributed by atoms with van der Waals surface area (Å²) in [5, 5.41) is 0.636. The Hall–Kier alpha value is -3.75. The molecule has 1 aromatic heterocycles. The van der Waals surface area contributed by atoms with Gasteiger partial charge in [0.05, 0.1) is 16.4 Å². The second-order valence-corrected chi connectivity index (χ2v) is 7.66. The summed E-state index contributed by atoms with van der Waals surface area (Å²) in [4.78, 5) is 9.74. The van der Waals surface area contributed by atoms with Gasteiger partial charge in [0.25, 0.3) is 0 Å². The van der Waals surface area contributed by atoms with Crippen molar-refractivity contribution in [3.63, 3.8) is 0 Å². The minimum Gasteiger partial charge on any atom is -0.228 e. The summed E-state index contributed by atoms with van der Waals surface area (Å²) in [7, 11) is 0. The van der Waals surface area contributed by atoms with E-state index >= 15 is 0 Å². The molecule has 0 aliphatic heterocycles. The van der Waals surface area contributed by atoms with Crippen molar-refractivity contribution in [1.82, 2.24) is 9.97 Å². The molecule has 0 fully saturated rings. The molecule has 31 heavy (non-hydrogen) atoms. The highest BCUT2D eigenvalue weighted by Crippen LogP contribution is 2.32. The first kappa shape index (κ1) is 19.2. The first-order valence-electron chi connectivity index (χ1n) is 10.1. The normalized spacial score (nSPS) is 10.7. The van der Waals surface area contributed by atoms with Crippen LogP contribution in [0, 0.1) is 0 Å². The summed E-state index contributed by atoms with van der Waals surface area (Å²) in [5.41, 5.74) is 6.95. The van der Waals surface area contributed by atoms with Gasteiger partial charge in [-0.1, -0.05) is 103 Å². The van der Waals surface area contributed by atoms with Crippen LogP contribution in [0.15, 0.2) is 115 Å². The molecular formula is C28H19ClN2. The van der Waals surface area contributed by atoms with E-state index in [1.165, 1.54) is 5.56 Å². The third-order valence-corrected chi connectivity index (χ3v) is 5.51. The lowest BCUT2D eigenvalue weighted by Crippen LogP contribution is -1.96. The molecule has 4 aromatic carbocycles. The van der Waals surface area contributed by atoms with Gasteiger partial charge in [-0.3, -0.25) is 0 Å². The molecule has 0 N–H and O–H groups in total. The van der Waals surface area contributed by atoms with Crippen LogP contribution in [0.1, 0.15) is 0 Å². The molecule has 1 heterocycles. The molecule has 0 aliphatic rings. The maximum absolute atomic E-state index is 6.48. The molecule has 0 aliphatic carbocycles. The second kappa shape index (κ2) is 8.55. The predicted molar refractivity (Wildman–Crippen MR) is 129 cm³/mol. The monoisotopic (exact) mass is 418 g/mol. The van der Waals surface area contributed by atoms with Crippen molar-refractivity contribution in [2.24, 2.45) is 0 Å². The Morgan fingerprint density at radius 2 is 1.00 bits per heavy atom. The summed E-state index contributed by atoms with van der Waals surface area (Å²) in [6.45, 7) is 0. The molecule has 2 nitrogen and oxygen atoms in total. The Morgan fingerprint density at radius 3 is 1.71 bits per heavy atom. The van der Waals surface area contributed by atoms with Crippen molar-refractivity contribution < 1.29 is 0 Å². The van der Waals surface area contributed by atoms with Crippen molar-refractivity contribution in [2.45, 2.75) is 0 Å². The second-order valence-electron chi connectivity index (χ2n) is 7.25. The van der Waals surface area contributed by atoms with Crippen molar-refractivity contribution in [3.05, 3.63) is 120 Å². The van der Waals surface area contributed by atoms with Gasteiger partial charge in [-0.25, -0.2) is 9.97 Å². The molecule has 0 spiro atoms. The van der Waals surface area contributed by atoms with Crippen LogP contribution in [0.5, 0.6) is 0 Å². The lowest BCUT2D eigenvalue weighted by molar-refractivity contribution is 1.18. The molecule has 0 unspecified atom stereocenters. The molecule has 5 aromatic rings. The molecule has 0 saturated heterocycles. The van der Waals surface area contributed by atoms with E-state index in [1.807, 2.05) is 54.6 Å². The van der Waals surface area contributed by atoms with Crippen molar-refractivity contribution in [1.29, 1.82) is 0 Å². The average Bonchev–Trinajstić information content (AvgIpc) is 2.85. The van der Waals surface area contributed by atoms with Gasteiger partial charge in [0, 0.05) is 16.7 Å². The Balaban J connectivity index is 1.69. The number of hydrogen-bond donors (Lipinski definition) is 0. The highest BCUT2D eigenvalue weighted by molar-refractivity contribution is 6.33. The van der Waals surface area contributed by atoms with Crippen molar-refractivity contribution in [2.75, 3.05) is 0 Å². The van der Waals surface area contributed by atoms with E-state index in [1.54, 1.807) is 0 Å². The molecule has 5 rings (SSSR count). The highest BCUT2D eigenvalue weighted by atomic mass is 35.5. The minimum absolute atomic E-state index is 0.618. The number of hydrogen-bond acceptors (Lipinski definition) is 2. The molecule has 0 atom stereocenters. The van der Waals surface area contributed by atoms with Crippen molar-refractivity contribution in [3.8, 4) is 45.0 Å². The number of benzene rings is 4. The summed E-state index contributed by atoms with van der Waals surface area (Å²) in [5.74, 6) is 0.618. The van der Waals surface area contributed by atoms with Gasteiger partial charge in [0.2, 0.25) is 0 Å². The number of nitrogens with zero attached hydrogens (tertiary/aromatic N) is 2. The summed E-state index contributed by atoms with van der Waals surface area (Å²) < 4.78 is 0. The van der Waals surface area contributed by atoms with Crippen LogP contribution in [0.25, 0.3) is 45.0 Å². The maximum Gasteiger partial charge on any atom is 0.161 e. The Morgan fingerprint density at radius 1 is 0.452 bits per heavy atom. The van der Waals surface area contributed by atoms with Gasteiger partial charge in [-0.05, 0) is 35.4 Å². The van der Waals surface area contributed by atoms with E-state index in [0.717, 1.165) is 33.6 Å². The zero-order valence-corrected chi connectivity index (χ0v) is 17.5. The fraction of sp³-hybridized carbons (Fsp3) is 0. The first-order valence-corrected chi connectivity index (χ1v) is 10.5. The van der Waals surface area contributed by atoms with Gasteiger partial charge < -0.3 is 0 Å². The number of halogens is 1. The molecule has 3 heteroatoms. The van der Waals surface area contributed by atoms with Gasteiger partial charge >= 0.3 is 0 Å². The summed E-state index contributed by atoms with van der Waals surface area (Å²) in [6.07, 6.45) is 0. The smallest absolute Gasteiger partial charge is 0.161 e. The largest absolute Gasteiger partial charge is 0.228 e. The Bertz CT molecular complexity index is 1330. The molecule has 0 amide bonds. The third-order valence-electron chi connectivity index (χ3n) is 5.18. The molecule has 0 saturated carbocycles. The van der Waals surface area contributed by atoms with Crippen LogP contribution in [0.4, 0.5) is 0 Å². The van der Waals surface area contributed by atoms with Gasteiger partial charge in [0.15, 0.2) is 5.82 Å². The zero-order chi connectivity index (χ0) is 21.0. The fourth-order valence-electron chi connectivity index (χ4n) is 3.60.